The third-order valence-corrected chi connectivity index (χ3v) is 2.62. The van der Waals surface area contributed by atoms with Gasteiger partial charge < -0.3 is 9.64 Å². The van der Waals surface area contributed by atoms with E-state index in [1.165, 1.54) is 14.1 Å². The first-order chi connectivity index (χ1) is 8.80. The monoisotopic (exact) mass is 274 g/mol. The number of pyridine rings is 1. The van der Waals surface area contributed by atoms with Crippen LogP contribution < -0.4 is 4.74 Å². The standard InChI is InChI=1S/C12H13F3N2O2/c1-17(2)11(18)10-9(12(13,14)15)8(5-6-16-10)19-7-3-4-7/h5-7H,3-4H2,1-2H3. The van der Waals surface area contributed by atoms with Crippen molar-refractivity contribution in [1.82, 2.24) is 9.88 Å². The summed E-state index contributed by atoms with van der Waals surface area (Å²) in [5.41, 5.74) is -1.73. The minimum Gasteiger partial charge on any atom is -0.490 e. The van der Waals surface area contributed by atoms with Gasteiger partial charge in [-0.3, -0.25) is 9.78 Å². The molecule has 104 valence electrons. The van der Waals surface area contributed by atoms with Gasteiger partial charge >= 0.3 is 6.18 Å². The Bertz CT molecular complexity index is 496. The highest BCUT2D eigenvalue weighted by Gasteiger charge is 2.41. The van der Waals surface area contributed by atoms with Crippen molar-refractivity contribution in [3.63, 3.8) is 0 Å². The van der Waals surface area contributed by atoms with Crippen LogP contribution in [0.5, 0.6) is 5.75 Å². The average Bonchev–Trinajstić information content (AvgIpc) is 3.10. The molecule has 1 saturated carbocycles. The molecule has 2 rings (SSSR count). The summed E-state index contributed by atoms with van der Waals surface area (Å²) in [4.78, 5) is 16.4. The van der Waals surface area contributed by atoms with Crippen molar-refractivity contribution in [2.24, 2.45) is 0 Å². The lowest BCUT2D eigenvalue weighted by molar-refractivity contribution is -0.139. The number of rotatable bonds is 3. The molecule has 0 aliphatic heterocycles. The van der Waals surface area contributed by atoms with Crippen molar-refractivity contribution in [3.8, 4) is 5.75 Å². The maximum atomic E-state index is 13.1. The second-order valence-corrected chi connectivity index (χ2v) is 4.55. The van der Waals surface area contributed by atoms with E-state index in [1.54, 1.807) is 0 Å². The molecule has 1 fully saturated rings. The van der Waals surface area contributed by atoms with Gasteiger partial charge in [0.25, 0.3) is 5.91 Å². The van der Waals surface area contributed by atoms with Crippen LogP contribution in [0.15, 0.2) is 12.3 Å². The van der Waals surface area contributed by atoms with Crippen molar-refractivity contribution >= 4 is 5.91 Å². The average molecular weight is 274 g/mol. The molecule has 7 heteroatoms. The van der Waals surface area contributed by atoms with E-state index in [4.69, 9.17) is 4.74 Å². The van der Waals surface area contributed by atoms with E-state index >= 15 is 0 Å². The summed E-state index contributed by atoms with van der Waals surface area (Å²) < 4.78 is 44.6. The van der Waals surface area contributed by atoms with Gasteiger partial charge in [0.05, 0.1) is 6.10 Å². The molecule has 0 saturated heterocycles. The number of carbonyl (C=O) groups is 1. The first kappa shape index (κ1) is 13.6. The quantitative estimate of drug-likeness (QED) is 0.849. The maximum absolute atomic E-state index is 13.1. The number of amides is 1. The number of aromatic nitrogens is 1. The lowest BCUT2D eigenvalue weighted by Gasteiger charge is -2.18. The van der Waals surface area contributed by atoms with E-state index in [9.17, 15) is 18.0 Å². The molecule has 4 nitrogen and oxygen atoms in total. The zero-order chi connectivity index (χ0) is 14.2. The topological polar surface area (TPSA) is 42.4 Å². The normalized spacial score (nSPS) is 15.2. The molecule has 0 N–H and O–H groups in total. The molecule has 0 aromatic carbocycles. The fourth-order valence-corrected chi connectivity index (χ4v) is 1.56. The predicted molar refractivity (Wildman–Crippen MR) is 60.9 cm³/mol. The number of alkyl halides is 3. The summed E-state index contributed by atoms with van der Waals surface area (Å²) in [6, 6.07) is 1.15. The minimum atomic E-state index is -4.68. The summed E-state index contributed by atoms with van der Waals surface area (Å²) >= 11 is 0. The fraction of sp³-hybridized carbons (Fsp3) is 0.500. The Morgan fingerprint density at radius 3 is 2.53 bits per heavy atom. The fourth-order valence-electron chi connectivity index (χ4n) is 1.56. The highest BCUT2D eigenvalue weighted by molar-refractivity contribution is 5.94. The molecular weight excluding hydrogens is 261 g/mol. The molecule has 0 bridgehead atoms. The molecule has 1 aromatic heterocycles. The van der Waals surface area contributed by atoms with Crippen LogP contribution in [0.2, 0.25) is 0 Å². The smallest absolute Gasteiger partial charge is 0.422 e. The van der Waals surface area contributed by atoms with Crippen LogP contribution in [0.4, 0.5) is 13.2 Å². The van der Waals surface area contributed by atoms with E-state index in [2.05, 4.69) is 4.98 Å². The molecule has 0 unspecified atom stereocenters. The zero-order valence-corrected chi connectivity index (χ0v) is 10.5. The molecule has 1 aliphatic carbocycles. The Balaban J connectivity index is 2.49. The highest BCUT2D eigenvalue weighted by Crippen LogP contribution is 2.40. The summed E-state index contributed by atoms with van der Waals surface area (Å²) in [6.07, 6.45) is -2.25. The van der Waals surface area contributed by atoms with Crippen molar-refractivity contribution in [2.45, 2.75) is 25.1 Å². The Labute approximate surface area is 108 Å². The molecule has 19 heavy (non-hydrogen) atoms. The van der Waals surface area contributed by atoms with Crippen LogP contribution in [-0.2, 0) is 6.18 Å². The van der Waals surface area contributed by atoms with Gasteiger partial charge in [-0.05, 0) is 18.9 Å². The van der Waals surface area contributed by atoms with Gasteiger partial charge in [-0.25, -0.2) is 0 Å². The molecular formula is C12H13F3N2O2. The molecule has 0 radical (unpaired) electrons. The summed E-state index contributed by atoms with van der Waals surface area (Å²) in [6.45, 7) is 0. The first-order valence-corrected chi connectivity index (χ1v) is 5.75. The van der Waals surface area contributed by atoms with E-state index < -0.39 is 23.3 Å². The van der Waals surface area contributed by atoms with Crippen LogP contribution >= 0.6 is 0 Å². The number of hydrogen-bond acceptors (Lipinski definition) is 3. The van der Waals surface area contributed by atoms with Crippen LogP contribution in [0.1, 0.15) is 28.9 Å². The van der Waals surface area contributed by atoms with Gasteiger partial charge in [-0.15, -0.1) is 0 Å². The lowest BCUT2D eigenvalue weighted by atomic mass is 10.1. The van der Waals surface area contributed by atoms with E-state index in [1.807, 2.05) is 0 Å². The number of halogens is 3. The van der Waals surface area contributed by atoms with Crippen LogP contribution in [0, 0.1) is 0 Å². The Hall–Kier alpha value is -1.79. The van der Waals surface area contributed by atoms with Gasteiger partial charge in [-0.2, -0.15) is 13.2 Å². The lowest BCUT2D eigenvalue weighted by Crippen LogP contribution is -2.27. The maximum Gasteiger partial charge on any atom is 0.422 e. The Kier molecular flexibility index (Phi) is 3.38. The molecule has 1 aromatic rings. The first-order valence-electron chi connectivity index (χ1n) is 5.75. The third-order valence-electron chi connectivity index (χ3n) is 2.62. The molecule has 1 heterocycles. The van der Waals surface area contributed by atoms with E-state index in [0.717, 1.165) is 30.0 Å². The molecule has 0 atom stereocenters. The van der Waals surface area contributed by atoms with Crippen LogP contribution in [0.25, 0.3) is 0 Å². The van der Waals surface area contributed by atoms with Gasteiger partial charge in [0.15, 0.2) is 0 Å². The number of carbonyl (C=O) groups excluding carboxylic acids is 1. The van der Waals surface area contributed by atoms with Crippen molar-refractivity contribution in [2.75, 3.05) is 14.1 Å². The van der Waals surface area contributed by atoms with E-state index in [0.29, 0.717) is 0 Å². The number of nitrogens with zero attached hydrogens (tertiary/aromatic N) is 2. The number of ether oxygens (including phenoxy) is 1. The van der Waals surface area contributed by atoms with Crippen molar-refractivity contribution < 1.29 is 22.7 Å². The highest BCUT2D eigenvalue weighted by atomic mass is 19.4. The second-order valence-electron chi connectivity index (χ2n) is 4.55. The second kappa shape index (κ2) is 4.71. The van der Waals surface area contributed by atoms with Gasteiger partial charge in [0, 0.05) is 20.3 Å². The van der Waals surface area contributed by atoms with Crippen LogP contribution in [-0.4, -0.2) is 36.0 Å². The Morgan fingerprint density at radius 2 is 2.05 bits per heavy atom. The van der Waals surface area contributed by atoms with Crippen LogP contribution in [0.3, 0.4) is 0 Å². The van der Waals surface area contributed by atoms with E-state index in [-0.39, 0.29) is 11.9 Å². The van der Waals surface area contributed by atoms with Crippen molar-refractivity contribution in [3.05, 3.63) is 23.5 Å². The summed E-state index contributed by atoms with van der Waals surface area (Å²) in [7, 11) is 2.75. The van der Waals surface area contributed by atoms with Gasteiger partial charge in [0.1, 0.15) is 17.0 Å². The SMILES string of the molecule is CN(C)C(=O)c1nccc(OC2CC2)c1C(F)(F)F. The Morgan fingerprint density at radius 1 is 1.42 bits per heavy atom. The predicted octanol–water partition coefficient (Wildman–Crippen LogP) is 2.34. The molecule has 1 aliphatic rings. The van der Waals surface area contributed by atoms with Gasteiger partial charge in [-0.1, -0.05) is 0 Å². The largest absolute Gasteiger partial charge is 0.490 e. The summed E-state index contributed by atoms with van der Waals surface area (Å²) in [5.74, 6) is -1.12. The zero-order valence-electron chi connectivity index (χ0n) is 10.5. The minimum absolute atomic E-state index is 0.189. The molecule has 0 spiro atoms. The molecule has 1 amide bonds. The third kappa shape index (κ3) is 2.97. The van der Waals surface area contributed by atoms with Gasteiger partial charge in [0.2, 0.25) is 0 Å². The van der Waals surface area contributed by atoms with Crippen molar-refractivity contribution in [1.29, 1.82) is 0 Å². The number of hydrogen-bond donors (Lipinski definition) is 0. The summed E-state index contributed by atoms with van der Waals surface area (Å²) in [5, 5.41) is 0.